The highest BCUT2D eigenvalue weighted by Crippen LogP contribution is 2.43. The van der Waals surface area contributed by atoms with Gasteiger partial charge in [0.15, 0.2) is 0 Å². The van der Waals surface area contributed by atoms with Crippen LogP contribution >= 0.6 is 11.6 Å². The molecule has 2 saturated heterocycles. The Morgan fingerprint density at radius 2 is 1.83 bits per heavy atom. The first-order valence-electron chi connectivity index (χ1n) is 16.1. The number of hydrogen-bond donors (Lipinski definition) is 5. The smallest absolute Gasteiger partial charge is 0.237 e. The van der Waals surface area contributed by atoms with E-state index in [4.69, 9.17) is 21.1 Å². The van der Waals surface area contributed by atoms with Crippen molar-refractivity contribution < 1.29 is 39.1 Å². The van der Waals surface area contributed by atoms with E-state index in [1.165, 1.54) is 4.90 Å². The Balaban J connectivity index is 1.03. The van der Waals surface area contributed by atoms with E-state index in [2.05, 4.69) is 5.32 Å². The molecule has 11 atom stereocenters. The zero-order chi connectivity index (χ0) is 32.5. The van der Waals surface area contributed by atoms with Crippen molar-refractivity contribution >= 4 is 17.5 Å². The second-order valence-electron chi connectivity index (χ2n) is 13.2. The van der Waals surface area contributed by atoms with Crippen molar-refractivity contribution in [2.45, 2.75) is 93.4 Å². The van der Waals surface area contributed by atoms with Gasteiger partial charge in [-0.2, -0.15) is 5.26 Å². The number of amides is 1. The molecular weight excluding hydrogens is 617 g/mol. The predicted octanol–water partition coefficient (Wildman–Crippen LogP) is 2.43. The molecule has 12 heteroatoms. The number of halogens is 2. The number of nitrogens with one attached hydrogen (secondary N) is 1. The number of nitrogens with zero attached hydrogens (tertiary/aromatic N) is 2. The Morgan fingerprint density at radius 1 is 1.07 bits per heavy atom. The standard InChI is InChI=1S/C34H41ClFN3O7/c35-26-8-5-21(34-33(44)32(43)31(42)29(17-40)46-34)10-22(26)9-18-1-6-25(7-2-18)45-28-12-19-3-4-20(28)11-27(19)38-15-30(41)39-16-23(36)13-24(39)14-37/h1-2,5-8,10,19-20,23-24,27-29,31-34,38,40,42-44H,3-4,9,11-13,15-17H2/t19?,20?,23-,24-,27?,28?,29+,31+,32-,33+,34-/m0/s1. The van der Waals surface area contributed by atoms with Gasteiger partial charge in [0.2, 0.25) is 5.91 Å². The highest BCUT2D eigenvalue weighted by atomic mass is 35.5. The predicted molar refractivity (Wildman–Crippen MR) is 166 cm³/mol. The fourth-order valence-corrected chi connectivity index (χ4v) is 7.82. The molecule has 7 rings (SSSR count). The van der Waals surface area contributed by atoms with Crippen LogP contribution in [0, 0.1) is 23.2 Å². The molecule has 10 nitrogen and oxygen atoms in total. The number of carbonyl (C=O) groups excluding carboxylic acids is 1. The van der Waals surface area contributed by atoms with Crippen LogP contribution in [-0.2, 0) is 16.0 Å². The third-order valence-corrected chi connectivity index (χ3v) is 10.6. The van der Waals surface area contributed by atoms with Crippen molar-refractivity contribution in [3.8, 4) is 11.8 Å². The Hall–Kier alpha value is -2.82. The summed E-state index contributed by atoms with van der Waals surface area (Å²) in [6.45, 7) is -0.392. The number of hydrogen-bond acceptors (Lipinski definition) is 9. The number of carbonyl (C=O) groups is 1. The molecule has 4 unspecified atom stereocenters. The SMILES string of the molecule is N#C[C@@H]1C[C@H](F)CN1C(=O)CNC1CC2CCC1CC2Oc1ccc(Cc2cc([C@@H]3O[C@H](CO)[C@@H](O)[C@H](O)[C@H]3O)ccc2Cl)cc1. The molecule has 5 fully saturated rings. The number of fused-ring (bicyclic) bond motifs is 3. The van der Waals surface area contributed by atoms with Crippen molar-refractivity contribution in [3.63, 3.8) is 0 Å². The van der Waals surface area contributed by atoms with Gasteiger partial charge in [-0.1, -0.05) is 35.9 Å². The summed E-state index contributed by atoms with van der Waals surface area (Å²) in [5.74, 6) is 1.29. The lowest BCUT2D eigenvalue weighted by Crippen LogP contribution is -2.55. The molecule has 0 spiro atoms. The molecule has 2 heterocycles. The zero-order valence-electron chi connectivity index (χ0n) is 25.4. The fraction of sp³-hybridized carbons (Fsp3) is 0.588. The molecule has 46 heavy (non-hydrogen) atoms. The van der Waals surface area contributed by atoms with Gasteiger partial charge in [-0.15, -0.1) is 0 Å². The molecule has 1 amide bonds. The van der Waals surface area contributed by atoms with Crippen LogP contribution in [0.4, 0.5) is 4.39 Å². The monoisotopic (exact) mass is 657 g/mol. The average Bonchev–Trinajstić information content (AvgIpc) is 3.46. The van der Waals surface area contributed by atoms with Gasteiger partial charge in [0, 0.05) is 17.5 Å². The van der Waals surface area contributed by atoms with E-state index in [1.807, 2.05) is 30.3 Å². The van der Waals surface area contributed by atoms with Gasteiger partial charge in [-0.05, 0) is 78.8 Å². The molecular formula is C34H41ClFN3O7. The molecule has 5 N–H and O–H groups in total. The maximum Gasteiger partial charge on any atom is 0.237 e. The van der Waals surface area contributed by atoms with Gasteiger partial charge >= 0.3 is 0 Å². The normalized spacial score (nSPS) is 35.6. The Morgan fingerprint density at radius 3 is 2.52 bits per heavy atom. The van der Waals surface area contributed by atoms with Gasteiger partial charge in [-0.3, -0.25) is 4.79 Å². The van der Waals surface area contributed by atoms with Crippen molar-refractivity contribution in [2.75, 3.05) is 19.7 Å². The number of alkyl halides is 1. The lowest BCUT2D eigenvalue weighted by Gasteiger charge is -2.47. The first-order chi connectivity index (χ1) is 22.1. The molecule has 3 aliphatic carbocycles. The van der Waals surface area contributed by atoms with E-state index >= 15 is 0 Å². The number of aliphatic hydroxyl groups excluding tert-OH is 4. The topological polar surface area (TPSA) is 156 Å². The summed E-state index contributed by atoms with van der Waals surface area (Å²) < 4.78 is 25.9. The van der Waals surface area contributed by atoms with E-state index in [1.54, 1.807) is 18.2 Å². The third kappa shape index (κ3) is 6.90. The number of aliphatic hydroxyl groups is 4. The van der Waals surface area contributed by atoms with E-state index in [9.17, 15) is 34.9 Å². The van der Waals surface area contributed by atoms with Gasteiger partial charge in [0.25, 0.3) is 0 Å². The van der Waals surface area contributed by atoms with Crippen LogP contribution in [0.25, 0.3) is 0 Å². The van der Waals surface area contributed by atoms with Gasteiger partial charge < -0.3 is 40.1 Å². The van der Waals surface area contributed by atoms with E-state index in [0.29, 0.717) is 28.8 Å². The maximum absolute atomic E-state index is 13.8. The highest BCUT2D eigenvalue weighted by Gasteiger charge is 2.45. The summed E-state index contributed by atoms with van der Waals surface area (Å²) in [6, 6.07) is 14.6. The molecule has 2 aromatic carbocycles. The molecule has 2 aliphatic heterocycles. The molecule has 3 saturated carbocycles. The fourth-order valence-electron chi connectivity index (χ4n) is 7.64. The number of likely N-dealkylation sites (tertiary alicyclic amines) is 1. The van der Waals surface area contributed by atoms with Gasteiger partial charge in [-0.25, -0.2) is 4.39 Å². The third-order valence-electron chi connectivity index (χ3n) is 10.2. The molecule has 0 radical (unpaired) electrons. The van der Waals surface area contributed by atoms with Crippen molar-refractivity contribution in [2.24, 2.45) is 11.8 Å². The van der Waals surface area contributed by atoms with E-state index < -0.39 is 49.3 Å². The van der Waals surface area contributed by atoms with Crippen LogP contribution in [0.5, 0.6) is 5.75 Å². The van der Waals surface area contributed by atoms with Crippen molar-refractivity contribution in [3.05, 3.63) is 64.2 Å². The zero-order valence-corrected chi connectivity index (χ0v) is 26.2. The van der Waals surface area contributed by atoms with Gasteiger partial charge in [0.1, 0.15) is 54.6 Å². The molecule has 0 aromatic heterocycles. The van der Waals surface area contributed by atoms with Crippen molar-refractivity contribution in [1.29, 1.82) is 5.26 Å². The van der Waals surface area contributed by atoms with Crippen LogP contribution in [-0.4, -0.2) is 99.7 Å². The first kappa shape index (κ1) is 33.1. The Bertz CT molecular complexity index is 1420. The summed E-state index contributed by atoms with van der Waals surface area (Å²) in [4.78, 5) is 14.1. The van der Waals surface area contributed by atoms with Crippen molar-refractivity contribution in [1.82, 2.24) is 10.2 Å². The quantitative estimate of drug-likeness (QED) is 0.273. The summed E-state index contributed by atoms with van der Waals surface area (Å²) in [7, 11) is 0. The Kier molecular flexibility index (Phi) is 10.2. The highest BCUT2D eigenvalue weighted by molar-refractivity contribution is 6.31. The van der Waals surface area contributed by atoms with Crippen LogP contribution < -0.4 is 10.1 Å². The maximum atomic E-state index is 13.8. The number of benzene rings is 2. The summed E-state index contributed by atoms with van der Waals surface area (Å²) in [5.41, 5.74) is 2.37. The van der Waals surface area contributed by atoms with Crippen LogP contribution in [0.1, 0.15) is 54.9 Å². The molecule has 2 aromatic rings. The minimum atomic E-state index is -1.46. The average molecular weight is 658 g/mol. The second kappa shape index (κ2) is 14.1. The second-order valence-corrected chi connectivity index (χ2v) is 13.6. The minimum Gasteiger partial charge on any atom is -0.490 e. The summed E-state index contributed by atoms with van der Waals surface area (Å²) >= 11 is 6.52. The molecule has 5 aliphatic rings. The van der Waals surface area contributed by atoms with Gasteiger partial charge in [0.05, 0.1) is 25.8 Å². The summed E-state index contributed by atoms with van der Waals surface area (Å²) in [6.07, 6.45) is -2.74. The number of rotatable bonds is 9. The lowest BCUT2D eigenvalue weighted by atomic mass is 9.66. The minimum absolute atomic E-state index is 0.00820. The Labute approximate surface area is 272 Å². The number of ether oxygens (including phenoxy) is 2. The van der Waals surface area contributed by atoms with Crippen LogP contribution in [0.15, 0.2) is 42.5 Å². The number of nitriles is 1. The first-order valence-corrected chi connectivity index (χ1v) is 16.4. The van der Waals surface area contributed by atoms with Crippen LogP contribution in [0.3, 0.4) is 0 Å². The van der Waals surface area contributed by atoms with E-state index in [-0.39, 0.29) is 37.6 Å². The lowest BCUT2D eigenvalue weighted by molar-refractivity contribution is -0.231. The van der Waals surface area contributed by atoms with Crippen LogP contribution in [0.2, 0.25) is 5.02 Å². The summed E-state index contributed by atoms with van der Waals surface area (Å²) in [5, 5.41) is 53.6. The largest absolute Gasteiger partial charge is 0.490 e. The molecule has 2 bridgehead atoms. The van der Waals surface area contributed by atoms with E-state index in [0.717, 1.165) is 42.6 Å². The molecule has 248 valence electrons.